The van der Waals surface area contributed by atoms with E-state index in [1.165, 1.54) is 11.1 Å². The molecule has 0 saturated carbocycles. The molecule has 2 aliphatic heterocycles. The van der Waals surface area contributed by atoms with Gasteiger partial charge in [-0.2, -0.15) is 0 Å². The van der Waals surface area contributed by atoms with Gasteiger partial charge in [-0.15, -0.1) is 0 Å². The van der Waals surface area contributed by atoms with Gasteiger partial charge in [-0.25, -0.2) is 9.97 Å². The van der Waals surface area contributed by atoms with Gasteiger partial charge >= 0.3 is 0 Å². The topological polar surface area (TPSA) is 123 Å². The molecule has 194 valence electrons. The molecule has 4 N–H and O–H groups in total. The monoisotopic (exact) mass is 511 g/mol. The first-order chi connectivity index (χ1) is 18.5. The highest BCUT2D eigenvalue weighted by atomic mass is 16.5. The van der Waals surface area contributed by atoms with E-state index in [2.05, 4.69) is 56.3 Å². The van der Waals surface area contributed by atoms with Crippen LogP contribution >= 0.6 is 0 Å². The number of aromatic nitrogens is 2. The zero-order chi connectivity index (χ0) is 26.1. The number of nitrogens with two attached hydrogens (primary N) is 1. The van der Waals surface area contributed by atoms with E-state index in [-0.39, 0.29) is 37.2 Å². The van der Waals surface area contributed by atoms with Crippen molar-refractivity contribution in [1.82, 2.24) is 9.97 Å². The molecule has 3 heterocycles. The van der Waals surface area contributed by atoms with Gasteiger partial charge in [-0.05, 0) is 53.9 Å². The van der Waals surface area contributed by atoms with E-state index in [9.17, 15) is 9.90 Å². The number of ether oxygens (including phenoxy) is 2. The molecule has 6 rings (SSSR count). The number of rotatable bonds is 4. The van der Waals surface area contributed by atoms with Crippen LogP contribution in [0, 0.1) is 17.3 Å². The summed E-state index contributed by atoms with van der Waals surface area (Å²) in [6.07, 6.45) is 4.58. The largest absolute Gasteiger partial charge is 0.482 e. The molecule has 38 heavy (non-hydrogen) atoms. The molecule has 0 radical (unpaired) electrons. The summed E-state index contributed by atoms with van der Waals surface area (Å²) in [6, 6.07) is 13.8. The number of hydrogen-bond acceptors (Lipinski definition) is 8. The fourth-order valence-corrected chi connectivity index (χ4v) is 5.72. The number of piperidine rings is 1. The molecule has 3 aromatic rings. The average molecular weight is 512 g/mol. The number of nitrogens with zero attached hydrogens (tertiary/aromatic N) is 3. The van der Waals surface area contributed by atoms with Crippen LogP contribution in [0.5, 0.6) is 11.5 Å². The smallest absolute Gasteiger partial charge is 0.262 e. The molecule has 0 unspecified atom stereocenters. The highest BCUT2D eigenvalue weighted by Gasteiger charge is 2.46. The number of carbonyl (C=O) groups excluding carboxylic acids is 1. The van der Waals surface area contributed by atoms with Crippen molar-refractivity contribution in [2.75, 3.05) is 36.5 Å². The van der Waals surface area contributed by atoms with Crippen LogP contribution in [0.2, 0.25) is 0 Å². The minimum absolute atomic E-state index is 0.00975. The van der Waals surface area contributed by atoms with E-state index in [4.69, 9.17) is 15.2 Å². The summed E-state index contributed by atoms with van der Waals surface area (Å²) in [5.41, 5.74) is 11.0. The number of nitrogens with one attached hydrogen (secondary N) is 1. The molecule has 1 aromatic heterocycles. The summed E-state index contributed by atoms with van der Waals surface area (Å²) in [4.78, 5) is 22.9. The molecule has 1 saturated heterocycles. The molecule has 1 fully saturated rings. The Morgan fingerprint density at radius 3 is 2.89 bits per heavy atom. The number of aliphatic hydroxyl groups excluding tert-OH is 1. The first-order valence-electron chi connectivity index (χ1n) is 12.8. The number of carbonyl (C=O) groups is 1. The fourth-order valence-electron chi connectivity index (χ4n) is 5.72. The number of amides is 1. The normalized spacial score (nSPS) is 19.1. The third kappa shape index (κ3) is 4.53. The number of fused-ring (bicyclic) bond motifs is 2. The summed E-state index contributed by atoms with van der Waals surface area (Å²) in [7, 11) is 0. The maximum absolute atomic E-state index is 11.5. The van der Waals surface area contributed by atoms with Gasteiger partial charge in [0.25, 0.3) is 5.91 Å². The van der Waals surface area contributed by atoms with Gasteiger partial charge in [0.15, 0.2) is 12.4 Å². The van der Waals surface area contributed by atoms with Gasteiger partial charge in [0.1, 0.15) is 29.5 Å². The number of hydrogen-bond donors (Lipinski definition) is 3. The quantitative estimate of drug-likeness (QED) is 0.457. The Morgan fingerprint density at radius 2 is 2.08 bits per heavy atom. The third-order valence-corrected chi connectivity index (χ3v) is 7.73. The summed E-state index contributed by atoms with van der Waals surface area (Å²) >= 11 is 0. The van der Waals surface area contributed by atoms with Crippen molar-refractivity contribution < 1.29 is 19.4 Å². The van der Waals surface area contributed by atoms with Crippen molar-refractivity contribution >= 4 is 17.4 Å². The Hall–Kier alpha value is -4.13. The maximum atomic E-state index is 11.5. The third-order valence-electron chi connectivity index (χ3n) is 7.73. The van der Waals surface area contributed by atoms with Crippen molar-refractivity contribution in [3.63, 3.8) is 0 Å². The first-order valence-corrected chi connectivity index (χ1v) is 12.8. The van der Waals surface area contributed by atoms with E-state index in [0.29, 0.717) is 34.4 Å². The lowest BCUT2D eigenvalue weighted by Gasteiger charge is -2.42. The Bertz CT molecular complexity index is 1440. The number of anilines is 2. The zero-order valence-corrected chi connectivity index (χ0v) is 20.9. The Kier molecular flexibility index (Phi) is 6.35. The summed E-state index contributed by atoms with van der Waals surface area (Å²) in [5, 5.41) is 12.8. The van der Waals surface area contributed by atoms with Crippen LogP contribution < -0.4 is 25.4 Å². The van der Waals surface area contributed by atoms with Crippen LogP contribution in [-0.2, 0) is 17.8 Å². The van der Waals surface area contributed by atoms with Crippen molar-refractivity contribution in [2.24, 2.45) is 11.1 Å². The lowest BCUT2D eigenvalue weighted by atomic mass is 9.73. The molecule has 1 atom stereocenters. The van der Waals surface area contributed by atoms with Crippen molar-refractivity contribution in [2.45, 2.75) is 31.9 Å². The summed E-state index contributed by atoms with van der Waals surface area (Å²) in [6.45, 7) is 1.55. The number of benzene rings is 2. The van der Waals surface area contributed by atoms with Crippen molar-refractivity contribution in [1.29, 1.82) is 0 Å². The van der Waals surface area contributed by atoms with Crippen molar-refractivity contribution in [3.8, 4) is 23.3 Å². The van der Waals surface area contributed by atoms with Gasteiger partial charge < -0.3 is 30.5 Å². The zero-order valence-electron chi connectivity index (χ0n) is 20.9. The fraction of sp³-hybridized carbons (Fsp3) is 0.345. The Balaban J connectivity index is 1.08. The molecule has 1 amide bonds. The lowest BCUT2D eigenvalue weighted by Crippen LogP contribution is -2.45. The molecule has 9 heteroatoms. The first kappa shape index (κ1) is 24.2. The maximum Gasteiger partial charge on any atom is 0.262 e. The Labute approximate surface area is 221 Å². The van der Waals surface area contributed by atoms with Gasteiger partial charge in [-0.3, -0.25) is 4.79 Å². The molecular formula is C29H29N5O4. The van der Waals surface area contributed by atoms with Crippen LogP contribution in [0.1, 0.15) is 41.4 Å². The molecule has 9 nitrogen and oxygen atoms in total. The van der Waals surface area contributed by atoms with Crippen LogP contribution in [-0.4, -0.2) is 47.3 Å². The predicted octanol–water partition coefficient (Wildman–Crippen LogP) is 2.57. The lowest BCUT2D eigenvalue weighted by molar-refractivity contribution is -0.118. The van der Waals surface area contributed by atoms with Crippen LogP contribution in [0.3, 0.4) is 0 Å². The van der Waals surface area contributed by atoms with E-state index >= 15 is 0 Å². The molecule has 3 aliphatic rings. The van der Waals surface area contributed by atoms with E-state index in [0.717, 1.165) is 32.4 Å². The van der Waals surface area contributed by atoms with Gasteiger partial charge in [0, 0.05) is 25.2 Å². The second kappa shape index (κ2) is 9.97. The van der Waals surface area contributed by atoms with Gasteiger partial charge in [-0.1, -0.05) is 30.2 Å². The van der Waals surface area contributed by atoms with Gasteiger partial charge in [0.05, 0.1) is 18.5 Å². The van der Waals surface area contributed by atoms with E-state index in [1.54, 1.807) is 24.4 Å². The number of aliphatic hydroxyl groups is 1. The van der Waals surface area contributed by atoms with Crippen molar-refractivity contribution in [3.05, 3.63) is 71.2 Å². The Morgan fingerprint density at radius 1 is 1.24 bits per heavy atom. The van der Waals surface area contributed by atoms with E-state index in [1.807, 2.05) is 0 Å². The SMILES string of the molecule is N[C@@H]1c2ccccc2CC12CCN(c1ncc(C#CCOc3ccc4c(c3)NC(=O)CO4)nc1CO)CC2. The van der Waals surface area contributed by atoms with E-state index < -0.39 is 0 Å². The predicted molar refractivity (Wildman–Crippen MR) is 142 cm³/mol. The standard InChI is InChI=1S/C29H29N5O4/c30-27-22-6-2-1-4-19(22)15-29(27)9-11-34(12-10-29)28-24(17-35)32-20(16-31-28)5-3-13-37-21-7-8-25-23(14-21)33-26(36)18-38-25/h1-2,4,6-8,14,16,27,35H,9-13,15,17-18,30H2,(H,33,36)/t27-/m1/s1. The summed E-state index contributed by atoms with van der Waals surface area (Å²) < 4.78 is 11.0. The second-order valence-electron chi connectivity index (χ2n) is 9.97. The summed E-state index contributed by atoms with van der Waals surface area (Å²) in [5.74, 6) is 7.56. The molecule has 1 spiro atoms. The van der Waals surface area contributed by atoms with Crippen LogP contribution in [0.15, 0.2) is 48.7 Å². The molecule has 1 aliphatic carbocycles. The van der Waals surface area contributed by atoms with Crippen LogP contribution in [0.4, 0.5) is 11.5 Å². The van der Waals surface area contributed by atoms with Crippen LogP contribution in [0.25, 0.3) is 0 Å². The highest BCUT2D eigenvalue weighted by molar-refractivity contribution is 5.95. The molecular weight excluding hydrogens is 482 g/mol. The molecule has 0 bridgehead atoms. The minimum Gasteiger partial charge on any atom is -0.482 e. The average Bonchev–Trinajstić information content (AvgIpc) is 3.22. The highest BCUT2D eigenvalue weighted by Crippen LogP contribution is 2.51. The van der Waals surface area contributed by atoms with Gasteiger partial charge in [0.2, 0.25) is 0 Å². The second-order valence-corrected chi connectivity index (χ2v) is 9.97. The minimum atomic E-state index is -0.218. The molecule has 2 aromatic carbocycles.